The summed E-state index contributed by atoms with van der Waals surface area (Å²) in [4.78, 5) is 11.5. The minimum absolute atomic E-state index is 0.00537. The second-order valence-electron chi connectivity index (χ2n) is 4.93. The van der Waals surface area contributed by atoms with Gasteiger partial charge in [-0.1, -0.05) is 20.1 Å². The van der Waals surface area contributed by atoms with E-state index in [-0.39, 0.29) is 18.2 Å². The van der Waals surface area contributed by atoms with Crippen molar-refractivity contribution in [2.75, 3.05) is 0 Å². The van der Waals surface area contributed by atoms with Crippen LogP contribution >= 0.6 is 0 Å². The number of fused-ring (bicyclic) bond motifs is 1. The Morgan fingerprint density at radius 1 is 1.56 bits per heavy atom. The van der Waals surface area contributed by atoms with Crippen LogP contribution in [0.5, 0.6) is 0 Å². The van der Waals surface area contributed by atoms with Crippen LogP contribution < -0.4 is 0 Å². The minimum atomic E-state index is -0.320. The number of carbonyl (C=O) groups is 1. The van der Waals surface area contributed by atoms with Crippen molar-refractivity contribution < 1.29 is 14.3 Å². The first-order chi connectivity index (χ1) is 7.49. The molecule has 0 radical (unpaired) electrons. The largest absolute Gasteiger partial charge is 0.491 e. The molecule has 4 atom stereocenters. The topological polar surface area (TPSA) is 35.5 Å². The van der Waals surface area contributed by atoms with Crippen LogP contribution in [0.3, 0.4) is 0 Å². The Morgan fingerprint density at radius 3 is 2.88 bits per heavy atom. The van der Waals surface area contributed by atoms with Gasteiger partial charge >= 0.3 is 5.97 Å². The summed E-state index contributed by atoms with van der Waals surface area (Å²) in [6.07, 6.45) is 1.64. The Kier molecular flexibility index (Phi) is 2.78. The van der Waals surface area contributed by atoms with Gasteiger partial charge in [-0.2, -0.15) is 0 Å². The molecular weight excluding hydrogens is 204 g/mol. The second-order valence-corrected chi connectivity index (χ2v) is 4.93. The first kappa shape index (κ1) is 11.2. The highest BCUT2D eigenvalue weighted by Crippen LogP contribution is 2.45. The van der Waals surface area contributed by atoms with Gasteiger partial charge in [-0.15, -0.1) is 0 Å². The molecule has 2 rings (SSSR count). The van der Waals surface area contributed by atoms with Crippen LogP contribution in [0.15, 0.2) is 24.5 Å². The summed E-state index contributed by atoms with van der Waals surface area (Å²) in [5, 5.41) is 0. The fraction of sp³-hybridized carbons (Fsp3) is 0.615. The molecule has 4 unspecified atom stereocenters. The maximum absolute atomic E-state index is 11.5. The number of rotatable bonds is 2. The molecule has 0 aromatic rings. The molecule has 0 spiro atoms. The first-order valence-corrected chi connectivity index (χ1v) is 5.70. The molecule has 1 saturated heterocycles. The van der Waals surface area contributed by atoms with E-state index in [9.17, 15) is 4.79 Å². The summed E-state index contributed by atoms with van der Waals surface area (Å²) in [7, 11) is 0. The number of esters is 1. The highest BCUT2D eigenvalue weighted by Gasteiger charge is 2.48. The highest BCUT2D eigenvalue weighted by molar-refractivity contribution is 5.87. The van der Waals surface area contributed by atoms with Gasteiger partial charge in [0.05, 0.1) is 5.76 Å². The molecule has 1 saturated carbocycles. The molecule has 16 heavy (non-hydrogen) atoms. The molecule has 2 aliphatic rings. The number of allylic oxidation sites excluding steroid dienone is 1. The van der Waals surface area contributed by atoms with Crippen LogP contribution in [-0.2, 0) is 14.3 Å². The second kappa shape index (κ2) is 3.96. The highest BCUT2D eigenvalue weighted by atomic mass is 16.6. The van der Waals surface area contributed by atoms with E-state index in [2.05, 4.69) is 20.1 Å². The maximum atomic E-state index is 11.5. The Hall–Kier alpha value is -1.25. The van der Waals surface area contributed by atoms with Crippen molar-refractivity contribution in [3.05, 3.63) is 24.5 Å². The molecule has 0 bridgehead atoms. The van der Waals surface area contributed by atoms with E-state index in [1.807, 2.05) is 0 Å². The number of hydrogen-bond acceptors (Lipinski definition) is 3. The normalized spacial score (nSPS) is 36.8. The smallest absolute Gasteiger partial charge is 0.333 e. The average Bonchev–Trinajstić information content (AvgIpc) is 2.68. The average molecular weight is 222 g/mol. The van der Waals surface area contributed by atoms with Crippen molar-refractivity contribution in [1.82, 2.24) is 0 Å². The SMILES string of the molecule is C=C1CC2C(C)CC(OC(=O)C(=C)C)C2O1. The summed E-state index contributed by atoms with van der Waals surface area (Å²) < 4.78 is 11.0. The van der Waals surface area contributed by atoms with E-state index in [1.54, 1.807) is 6.92 Å². The van der Waals surface area contributed by atoms with E-state index in [0.29, 0.717) is 17.4 Å². The molecule has 1 aliphatic heterocycles. The Labute approximate surface area is 96.1 Å². The molecule has 0 amide bonds. The van der Waals surface area contributed by atoms with Crippen LogP contribution in [0, 0.1) is 11.8 Å². The lowest BCUT2D eigenvalue weighted by molar-refractivity contribution is -0.148. The molecular formula is C13H18O3. The van der Waals surface area contributed by atoms with E-state index < -0.39 is 0 Å². The van der Waals surface area contributed by atoms with Crippen LogP contribution in [0.25, 0.3) is 0 Å². The van der Waals surface area contributed by atoms with Gasteiger partial charge in [-0.05, 0) is 19.3 Å². The number of carbonyl (C=O) groups excluding carboxylic acids is 1. The molecule has 3 heteroatoms. The number of hydrogen-bond donors (Lipinski definition) is 0. The molecule has 3 nitrogen and oxygen atoms in total. The Balaban J connectivity index is 2.04. The van der Waals surface area contributed by atoms with Crippen LogP contribution in [0.2, 0.25) is 0 Å². The standard InChI is InChI=1S/C13H18O3/c1-7(2)13(14)16-11-5-8(3)10-6-9(4)15-12(10)11/h8,10-12H,1,4-6H2,2-3H3. The van der Waals surface area contributed by atoms with E-state index in [4.69, 9.17) is 9.47 Å². The van der Waals surface area contributed by atoms with Crippen LogP contribution in [-0.4, -0.2) is 18.2 Å². The zero-order chi connectivity index (χ0) is 11.9. The van der Waals surface area contributed by atoms with E-state index >= 15 is 0 Å². The minimum Gasteiger partial charge on any atom is -0.491 e. The summed E-state index contributed by atoms with van der Waals surface area (Å²) in [5.41, 5.74) is 0.438. The molecule has 0 aromatic heterocycles. The maximum Gasteiger partial charge on any atom is 0.333 e. The van der Waals surface area contributed by atoms with E-state index in [1.165, 1.54) is 0 Å². The predicted molar refractivity (Wildman–Crippen MR) is 60.6 cm³/mol. The lowest BCUT2D eigenvalue weighted by Crippen LogP contribution is -2.28. The van der Waals surface area contributed by atoms with Gasteiger partial charge in [0.1, 0.15) is 12.2 Å². The fourth-order valence-electron chi connectivity index (χ4n) is 2.61. The van der Waals surface area contributed by atoms with Gasteiger partial charge in [0, 0.05) is 17.9 Å². The van der Waals surface area contributed by atoms with Gasteiger partial charge in [-0.3, -0.25) is 0 Å². The Morgan fingerprint density at radius 2 is 2.25 bits per heavy atom. The van der Waals surface area contributed by atoms with Gasteiger partial charge in [0.15, 0.2) is 0 Å². The summed E-state index contributed by atoms with van der Waals surface area (Å²) in [5.74, 6) is 1.47. The van der Waals surface area contributed by atoms with Crippen molar-refractivity contribution >= 4 is 5.97 Å². The number of ether oxygens (including phenoxy) is 2. The monoisotopic (exact) mass is 222 g/mol. The van der Waals surface area contributed by atoms with Gasteiger partial charge in [0.25, 0.3) is 0 Å². The quantitative estimate of drug-likeness (QED) is 0.531. The third-order valence-corrected chi connectivity index (χ3v) is 3.50. The van der Waals surface area contributed by atoms with Crippen LogP contribution in [0.4, 0.5) is 0 Å². The molecule has 2 fully saturated rings. The van der Waals surface area contributed by atoms with Gasteiger partial charge < -0.3 is 9.47 Å². The molecule has 0 aromatic carbocycles. The zero-order valence-electron chi connectivity index (χ0n) is 9.86. The Bertz CT molecular complexity index is 345. The molecule has 1 aliphatic carbocycles. The lowest BCUT2D eigenvalue weighted by atomic mass is 9.95. The van der Waals surface area contributed by atoms with Crippen molar-refractivity contribution in [2.24, 2.45) is 11.8 Å². The van der Waals surface area contributed by atoms with Crippen molar-refractivity contribution in [1.29, 1.82) is 0 Å². The third-order valence-electron chi connectivity index (χ3n) is 3.50. The lowest BCUT2D eigenvalue weighted by Gasteiger charge is -2.19. The van der Waals surface area contributed by atoms with Crippen molar-refractivity contribution in [3.63, 3.8) is 0 Å². The molecule has 1 heterocycles. The van der Waals surface area contributed by atoms with Crippen LogP contribution in [0.1, 0.15) is 26.7 Å². The van der Waals surface area contributed by atoms with E-state index in [0.717, 1.165) is 18.6 Å². The third kappa shape index (κ3) is 1.86. The van der Waals surface area contributed by atoms with Crippen molar-refractivity contribution in [2.45, 2.75) is 38.9 Å². The van der Waals surface area contributed by atoms with Gasteiger partial charge in [-0.25, -0.2) is 4.79 Å². The fourth-order valence-corrected chi connectivity index (χ4v) is 2.61. The zero-order valence-corrected chi connectivity index (χ0v) is 9.86. The summed E-state index contributed by atoms with van der Waals surface area (Å²) in [6, 6.07) is 0. The summed E-state index contributed by atoms with van der Waals surface area (Å²) in [6.45, 7) is 11.3. The van der Waals surface area contributed by atoms with Crippen molar-refractivity contribution in [3.8, 4) is 0 Å². The predicted octanol–water partition coefficient (Wildman–Crippen LogP) is 2.43. The van der Waals surface area contributed by atoms with Gasteiger partial charge in [0.2, 0.25) is 0 Å². The molecule has 88 valence electrons. The molecule has 0 N–H and O–H groups in total. The first-order valence-electron chi connectivity index (χ1n) is 5.70. The summed E-state index contributed by atoms with van der Waals surface area (Å²) >= 11 is 0.